The minimum Gasteiger partial charge on any atom is -0.341 e. The van der Waals surface area contributed by atoms with E-state index in [-0.39, 0.29) is 23.9 Å². The number of likely N-dealkylation sites (tertiary alicyclic amines) is 2. The molecule has 2 unspecified atom stereocenters. The van der Waals surface area contributed by atoms with Gasteiger partial charge in [0.1, 0.15) is 6.04 Å². The Hall–Kier alpha value is -1.10. The summed E-state index contributed by atoms with van der Waals surface area (Å²) in [6.45, 7) is 4.24. The monoisotopic (exact) mass is 253 g/mol. The average molecular weight is 253 g/mol. The van der Waals surface area contributed by atoms with Crippen LogP contribution in [-0.4, -0.2) is 60.4 Å². The van der Waals surface area contributed by atoms with Gasteiger partial charge in [0.2, 0.25) is 11.8 Å². The normalized spacial score (nSPS) is 26.6. The average Bonchev–Trinajstić information content (AvgIpc) is 2.79. The van der Waals surface area contributed by atoms with Gasteiger partial charge in [-0.3, -0.25) is 9.59 Å². The molecule has 5 heteroatoms. The summed E-state index contributed by atoms with van der Waals surface area (Å²) in [6, 6.07) is -0.421. The molecule has 5 nitrogen and oxygen atoms in total. The Morgan fingerprint density at radius 1 is 1.28 bits per heavy atom. The smallest absolute Gasteiger partial charge is 0.245 e. The predicted octanol–water partition coefficient (Wildman–Crippen LogP) is 0.208. The zero-order valence-electron chi connectivity index (χ0n) is 11.3. The summed E-state index contributed by atoms with van der Waals surface area (Å²) in [5.41, 5.74) is 0. The van der Waals surface area contributed by atoms with Gasteiger partial charge in [0, 0.05) is 19.6 Å². The lowest BCUT2D eigenvalue weighted by atomic mass is 10.1. The first-order chi connectivity index (χ1) is 8.65. The molecule has 2 saturated heterocycles. The Morgan fingerprint density at radius 3 is 2.50 bits per heavy atom. The van der Waals surface area contributed by atoms with E-state index in [9.17, 15) is 9.59 Å². The third-order valence-corrected chi connectivity index (χ3v) is 4.08. The summed E-state index contributed by atoms with van der Waals surface area (Å²) in [7, 11) is 1.79. The van der Waals surface area contributed by atoms with Crippen molar-refractivity contribution in [3.8, 4) is 0 Å². The molecule has 0 aromatic rings. The molecular formula is C13H23N3O2. The summed E-state index contributed by atoms with van der Waals surface area (Å²) < 4.78 is 0. The molecule has 0 aliphatic carbocycles. The van der Waals surface area contributed by atoms with Crippen LogP contribution in [0.4, 0.5) is 0 Å². The zero-order chi connectivity index (χ0) is 13.1. The van der Waals surface area contributed by atoms with Gasteiger partial charge in [-0.15, -0.1) is 0 Å². The van der Waals surface area contributed by atoms with Gasteiger partial charge in [-0.1, -0.05) is 0 Å². The molecule has 2 aliphatic rings. The van der Waals surface area contributed by atoms with Crippen LogP contribution in [-0.2, 0) is 9.59 Å². The molecule has 1 N–H and O–H groups in total. The fourth-order valence-electron chi connectivity index (χ4n) is 2.87. The van der Waals surface area contributed by atoms with Crippen LogP contribution in [0.2, 0.25) is 0 Å². The van der Waals surface area contributed by atoms with Crippen molar-refractivity contribution in [1.82, 2.24) is 15.1 Å². The maximum absolute atomic E-state index is 12.3. The molecule has 2 rings (SSSR count). The Labute approximate surface area is 108 Å². The van der Waals surface area contributed by atoms with Crippen LogP contribution in [0.15, 0.2) is 0 Å². The lowest BCUT2D eigenvalue weighted by Crippen LogP contribution is -2.50. The highest BCUT2D eigenvalue weighted by molar-refractivity contribution is 5.91. The minimum absolute atomic E-state index is 0.0651. The Kier molecular flexibility index (Phi) is 4.22. The fraction of sp³-hybridized carbons (Fsp3) is 0.846. The molecule has 2 heterocycles. The molecule has 18 heavy (non-hydrogen) atoms. The number of nitrogens with one attached hydrogen (secondary N) is 1. The van der Waals surface area contributed by atoms with Crippen LogP contribution < -0.4 is 5.32 Å². The summed E-state index contributed by atoms with van der Waals surface area (Å²) in [4.78, 5) is 28.0. The molecule has 2 atom stereocenters. The lowest BCUT2D eigenvalue weighted by Gasteiger charge is -2.32. The van der Waals surface area contributed by atoms with Crippen molar-refractivity contribution < 1.29 is 9.59 Å². The highest BCUT2D eigenvalue weighted by Crippen LogP contribution is 2.17. The molecule has 0 aromatic heterocycles. The third-order valence-electron chi connectivity index (χ3n) is 4.08. The van der Waals surface area contributed by atoms with E-state index in [1.54, 1.807) is 11.9 Å². The molecule has 0 spiro atoms. The number of carbonyl (C=O) groups is 2. The topological polar surface area (TPSA) is 52.7 Å². The van der Waals surface area contributed by atoms with Crippen molar-refractivity contribution in [3.05, 3.63) is 0 Å². The van der Waals surface area contributed by atoms with Crippen molar-refractivity contribution in [2.24, 2.45) is 0 Å². The zero-order valence-corrected chi connectivity index (χ0v) is 11.3. The van der Waals surface area contributed by atoms with E-state index >= 15 is 0 Å². The van der Waals surface area contributed by atoms with E-state index in [2.05, 4.69) is 5.32 Å². The molecule has 0 saturated carbocycles. The second-order valence-corrected chi connectivity index (χ2v) is 5.22. The number of carbonyl (C=O) groups excluding carboxylic acids is 2. The van der Waals surface area contributed by atoms with Crippen LogP contribution >= 0.6 is 0 Å². The molecule has 0 aromatic carbocycles. The van der Waals surface area contributed by atoms with Gasteiger partial charge in [0.25, 0.3) is 0 Å². The standard InChI is InChI=1S/C13H23N3O2/c1-10(12(17)15-7-4-3-5-8-15)16-9-6-11(14-2)13(16)18/h10-11,14H,3-9H2,1-2H3. The quantitative estimate of drug-likeness (QED) is 0.782. The van der Waals surface area contributed by atoms with Crippen LogP contribution in [0, 0.1) is 0 Å². The first-order valence-corrected chi connectivity index (χ1v) is 6.91. The predicted molar refractivity (Wildman–Crippen MR) is 69.1 cm³/mol. The fourth-order valence-corrected chi connectivity index (χ4v) is 2.87. The first kappa shape index (κ1) is 13.3. The highest BCUT2D eigenvalue weighted by Gasteiger charge is 2.37. The SMILES string of the molecule is CNC1CCN(C(C)C(=O)N2CCCCC2)C1=O. The number of likely N-dealkylation sites (N-methyl/N-ethyl adjacent to an activating group) is 1. The van der Waals surface area contributed by atoms with E-state index in [4.69, 9.17) is 0 Å². The van der Waals surface area contributed by atoms with Gasteiger partial charge in [0.15, 0.2) is 0 Å². The van der Waals surface area contributed by atoms with Crippen molar-refractivity contribution in [2.45, 2.75) is 44.7 Å². The number of rotatable bonds is 3. The highest BCUT2D eigenvalue weighted by atomic mass is 16.2. The van der Waals surface area contributed by atoms with E-state index in [1.165, 1.54) is 6.42 Å². The second-order valence-electron chi connectivity index (χ2n) is 5.22. The first-order valence-electron chi connectivity index (χ1n) is 6.91. The van der Waals surface area contributed by atoms with Crippen LogP contribution in [0.5, 0.6) is 0 Å². The van der Waals surface area contributed by atoms with Gasteiger partial charge in [-0.05, 0) is 39.7 Å². The van der Waals surface area contributed by atoms with E-state index in [1.807, 2.05) is 11.8 Å². The Bertz CT molecular complexity index is 326. The number of piperidine rings is 1. The summed E-state index contributed by atoms with van der Waals surface area (Å²) in [6.07, 6.45) is 4.19. The third kappa shape index (κ3) is 2.51. The van der Waals surface area contributed by atoms with Crippen molar-refractivity contribution in [2.75, 3.05) is 26.7 Å². The molecule has 0 bridgehead atoms. The van der Waals surface area contributed by atoms with Gasteiger partial charge >= 0.3 is 0 Å². The number of nitrogens with zero attached hydrogens (tertiary/aromatic N) is 2. The second kappa shape index (κ2) is 5.69. The van der Waals surface area contributed by atoms with E-state index < -0.39 is 0 Å². The van der Waals surface area contributed by atoms with Gasteiger partial charge in [-0.2, -0.15) is 0 Å². The number of hydrogen-bond acceptors (Lipinski definition) is 3. The van der Waals surface area contributed by atoms with Crippen molar-refractivity contribution >= 4 is 11.8 Å². The van der Waals surface area contributed by atoms with Gasteiger partial charge < -0.3 is 15.1 Å². The van der Waals surface area contributed by atoms with Crippen molar-refractivity contribution in [1.29, 1.82) is 0 Å². The maximum Gasteiger partial charge on any atom is 0.245 e. The summed E-state index contributed by atoms with van der Waals surface area (Å²) >= 11 is 0. The molecule has 2 aliphatic heterocycles. The van der Waals surface area contributed by atoms with Crippen LogP contribution in [0.25, 0.3) is 0 Å². The lowest BCUT2D eigenvalue weighted by molar-refractivity contribution is -0.144. The molecule has 102 valence electrons. The molecule has 0 radical (unpaired) electrons. The van der Waals surface area contributed by atoms with E-state index in [0.29, 0.717) is 6.54 Å². The maximum atomic E-state index is 12.3. The van der Waals surface area contributed by atoms with Gasteiger partial charge in [-0.25, -0.2) is 0 Å². The minimum atomic E-state index is -0.311. The number of amides is 2. The molecule has 2 fully saturated rings. The van der Waals surface area contributed by atoms with Crippen LogP contribution in [0.3, 0.4) is 0 Å². The Balaban J connectivity index is 1.96. The summed E-state index contributed by atoms with van der Waals surface area (Å²) in [5, 5.41) is 3.00. The van der Waals surface area contributed by atoms with Gasteiger partial charge in [0.05, 0.1) is 6.04 Å². The molecule has 2 amide bonds. The largest absolute Gasteiger partial charge is 0.341 e. The summed E-state index contributed by atoms with van der Waals surface area (Å²) in [5.74, 6) is 0.176. The molecular weight excluding hydrogens is 230 g/mol. The van der Waals surface area contributed by atoms with Crippen LogP contribution in [0.1, 0.15) is 32.6 Å². The van der Waals surface area contributed by atoms with E-state index in [0.717, 1.165) is 32.4 Å². The number of hydrogen-bond donors (Lipinski definition) is 1. The van der Waals surface area contributed by atoms with Crippen molar-refractivity contribution in [3.63, 3.8) is 0 Å². The Morgan fingerprint density at radius 2 is 1.94 bits per heavy atom.